The molecule has 2 rings (SSSR count). The van der Waals surface area contributed by atoms with Gasteiger partial charge in [-0.3, -0.25) is 9.59 Å². The molecule has 1 aromatic carbocycles. The van der Waals surface area contributed by atoms with Crippen molar-refractivity contribution < 1.29 is 9.59 Å². The molecule has 5 heteroatoms. The monoisotopic (exact) mass is 292 g/mol. The first-order valence-corrected chi connectivity index (χ1v) is 8.03. The zero-order valence-corrected chi connectivity index (χ0v) is 12.5. The maximum Gasteiger partial charge on any atom is 0.239 e. The van der Waals surface area contributed by atoms with Gasteiger partial charge in [0.25, 0.3) is 0 Å². The molecule has 1 heterocycles. The van der Waals surface area contributed by atoms with Crippen LogP contribution in [0.15, 0.2) is 30.3 Å². The molecule has 0 spiro atoms. The number of nitrogens with zero attached hydrogens (tertiary/aromatic N) is 1. The smallest absolute Gasteiger partial charge is 0.239 e. The molecule has 1 unspecified atom stereocenters. The van der Waals surface area contributed by atoms with Crippen LogP contribution in [0, 0.1) is 0 Å². The van der Waals surface area contributed by atoms with Crippen LogP contribution in [0.3, 0.4) is 0 Å². The average Bonchev–Trinajstić information content (AvgIpc) is 2.86. The van der Waals surface area contributed by atoms with Gasteiger partial charge in [0.05, 0.1) is 11.6 Å². The van der Waals surface area contributed by atoms with E-state index in [0.717, 1.165) is 6.42 Å². The van der Waals surface area contributed by atoms with Gasteiger partial charge in [0, 0.05) is 12.5 Å². The lowest BCUT2D eigenvalue weighted by atomic mass is 9.96. The highest BCUT2D eigenvalue weighted by Crippen LogP contribution is 2.18. The number of hydrogen-bond donors (Lipinski definition) is 1. The average molecular weight is 292 g/mol. The number of hydrogen-bond acceptors (Lipinski definition) is 3. The third-order valence-corrected chi connectivity index (χ3v) is 4.41. The summed E-state index contributed by atoms with van der Waals surface area (Å²) >= 11 is 1.55. The van der Waals surface area contributed by atoms with Gasteiger partial charge in [-0.25, -0.2) is 0 Å². The molecule has 1 aromatic rings. The van der Waals surface area contributed by atoms with Gasteiger partial charge in [-0.2, -0.15) is 0 Å². The largest absolute Gasteiger partial charge is 0.354 e. The summed E-state index contributed by atoms with van der Waals surface area (Å²) in [6, 6.07) is 10.2. The SMILES string of the molecule is CCC(CNC(=O)CN1CSCC1=O)c1ccccc1. The molecule has 0 radical (unpaired) electrons. The molecule has 4 nitrogen and oxygen atoms in total. The summed E-state index contributed by atoms with van der Waals surface area (Å²) in [5.74, 6) is 1.43. The van der Waals surface area contributed by atoms with E-state index < -0.39 is 0 Å². The van der Waals surface area contributed by atoms with Crippen LogP contribution in [0.1, 0.15) is 24.8 Å². The highest BCUT2D eigenvalue weighted by molar-refractivity contribution is 8.00. The minimum atomic E-state index is -0.0739. The van der Waals surface area contributed by atoms with E-state index in [0.29, 0.717) is 24.1 Å². The van der Waals surface area contributed by atoms with E-state index in [9.17, 15) is 9.59 Å². The quantitative estimate of drug-likeness (QED) is 0.870. The van der Waals surface area contributed by atoms with Crippen molar-refractivity contribution in [2.24, 2.45) is 0 Å². The molecule has 0 saturated carbocycles. The van der Waals surface area contributed by atoms with E-state index in [1.807, 2.05) is 18.2 Å². The number of thioether (sulfide) groups is 1. The topological polar surface area (TPSA) is 49.4 Å². The number of benzene rings is 1. The highest BCUT2D eigenvalue weighted by Gasteiger charge is 2.23. The second-order valence-corrected chi connectivity index (χ2v) is 5.84. The van der Waals surface area contributed by atoms with Crippen molar-refractivity contribution in [3.8, 4) is 0 Å². The molecular weight excluding hydrogens is 272 g/mol. The van der Waals surface area contributed by atoms with Gasteiger partial charge in [-0.1, -0.05) is 37.3 Å². The molecule has 0 aliphatic carbocycles. The molecule has 1 fully saturated rings. The lowest BCUT2D eigenvalue weighted by Gasteiger charge is -2.18. The third kappa shape index (κ3) is 4.00. The Balaban J connectivity index is 1.81. The molecule has 1 N–H and O–H groups in total. The van der Waals surface area contributed by atoms with E-state index >= 15 is 0 Å². The van der Waals surface area contributed by atoms with Crippen LogP contribution in [-0.2, 0) is 9.59 Å². The Kier molecular flexibility index (Phi) is 5.47. The Morgan fingerprint density at radius 2 is 2.15 bits per heavy atom. The first-order valence-electron chi connectivity index (χ1n) is 6.88. The van der Waals surface area contributed by atoms with Crippen LogP contribution >= 0.6 is 11.8 Å². The standard InChI is InChI=1S/C15H20N2O2S/c1-2-12(13-6-4-3-5-7-13)8-16-14(18)9-17-11-20-10-15(17)19/h3-7,12H,2,8-11H2,1H3,(H,16,18). The first-order chi connectivity index (χ1) is 9.70. The maximum atomic E-state index is 11.9. The third-order valence-electron chi connectivity index (χ3n) is 3.47. The van der Waals surface area contributed by atoms with Gasteiger partial charge in [-0.15, -0.1) is 11.8 Å². The molecule has 2 amide bonds. The van der Waals surface area contributed by atoms with Gasteiger partial charge in [-0.05, 0) is 12.0 Å². The summed E-state index contributed by atoms with van der Waals surface area (Å²) in [5, 5.41) is 2.94. The summed E-state index contributed by atoms with van der Waals surface area (Å²) in [5.41, 5.74) is 1.24. The van der Waals surface area contributed by atoms with E-state index in [-0.39, 0.29) is 18.4 Å². The predicted molar refractivity (Wildman–Crippen MR) is 81.5 cm³/mol. The second-order valence-electron chi connectivity index (χ2n) is 4.89. The van der Waals surface area contributed by atoms with Gasteiger partial charge in [0.1, 0.15) is 6.54 Å². The molecular formula is C15H20N2O2S. The molecule has 1 aliphatic rings. The summed E-state index contributed by atoms with van der Waals surface area (Å²) in [7, 11) is 0. The second kappa shape index (κ2) is 7.33. The summed E-state index contributed by atoms with van der Waals surface area (Å²) < 4.78 is 0. The van der Waals surface area contributed by atoms with Crippen LogP contribution in [0.5, 0.6) is 0 Å². The molecule has 108 valence electrons. The van der Waals surface area contributed by atoms with Crippen LogP contribution in [0.25, 0.3) is 0 Å². The summed E-state index contributed by atoms with van der Waals surface area (Å²) in [6.45, 7) is 2.91. The zero-order chi connectivity index (χ0) is 14.4. The lowest BCUT2D eigenvalue weighted by Crippen LogP contribution is -2.39. The van der Waals surface area contributed by atoms with Gasteiger partial charge >= 0.3 is 0 Å². The van der Waals surface area contributed by atoms with Crippen LogP contribution in [-0.4, -0.2) is 41.4 Å². The fourth-order valence-electron chi connectivity index (χ4n) is 2.23. The predicted octanol–water partition coefficient (Wildman–Crippen LogP) is 1.83. The van der Waals surface area contributed by atoms with Crippen LogP contribution in [0.2, 0.25) is 0 Å². The van der Waals surface area contributed by atoms with Crippen molar-refractivity contribution in [2.75, 3.05) is 24.7 Å². The number of carbonyl (C=O) groups excluding carboxylic acids is 2. The highest BCUT2D eigenvalue weighted by atomic mass is 32.2. The van der Waals surface area contributed by atoms with Crippen molar-refractivity contribution in [3.63, 3.8) is 0 Å². The summed E-state index contributed by atoms with van der Waals surface area (Å²) in [4.78, 5) is 24.9. The molecule has 0 bridgehead atoms. The van der Waals surface area contributed by atoms with E-state index in [2.05, 4.69) is 24.4 Å². The van der Waals surface area contributed by atoms with Gasteiger partial charge in [0.2, 0.25) is 11.8 Å². The Labute approximate surface area is 123 Å². The van der Waals surface area contributed by atoms with E-state index in [1.165, 1.54) is 5.56 Å². The number of rotatable bonds is 6. The minimum Gasteiger partial charge on any atom is -0.354 e. The molecule has 1 saturated heterocycles. The first kappa shape index (κ1) is 14.9. The Bertz CT molecular complexity index is 464. The van der Waals surface area contributed by atoms with E-state index in [1.54, 1.807) is 16.7 Å². The van der Waals surface area contributed by atoms with Crippen LogP contribution < -0.4 is 5.32 Å². The fourth-order valence-corrected chi connectivity index (χ4v) is 3.13. The fraction of sp³-hybridized carbons (Fsp3) is 0.467. The van der Waals surface area contributed by atoms with Crippen molar-refractivity contribution >= 4 is 23.6 Å². The summed E-state index contributed by atoms with van der Waals surface area (Å²) in [6.07, 6.45) is 0.975. The minimum absolute atomic E-state index is 0.0558. The normalized spacial score (nSPS) is 16.2. The Morgan fingerprint density at radius 1 is 1.40 bits per heavy atom. The van der Waals surface area contributed by atoms with Crippen molar-refractivity contribution in [3.05, 3.63) is 35.9 Å². The zero-order valence-electron chi connectivity index (χ0n) is 11.7. The number of nitrogens with one attached hydrogen (secondary N) is 1. The molecule has 0 aromatic heterocycles. The van der Waals surface area contributed by atoms with Gasteiger partial charge in [0.15, 0.2) is 0 Å². The molecule has 1 atom stereocenters. The lowest BCUT2D eigenvalue weighted by molar-refractivity contribution is -0.132. The maximum absolute atomic E-state index is 11.9. The Morgan fingerprint density at radius 3 is 2.75 bits per heavy atom. The Hall–Kier alpha value is -1.49. The number of carbonyl (C=O) groups is 2. The van der Waals surface area contributed by atoms with E-state index in [4.69, 9.17) is 0 Å². The van der Waals surface area contributed by atoms with Crippen molar-refractivity contribution in [1.82, 2.24) is 10.2 Å². The van der Waals surface area contributed by atoms with Gasteiger partial charge < -0.3 is 10.2 Å². The molecule has 20 heavy (non-hydrogen) atoms. The van der Waals surface area contributed by atoms with Crippen LogP contribution in [0.4, 0.5) is 0 Å². The van der Waals surface area contributed by atoms with Crippen molar-refractivity contribution in [2.45, 2.75) is 19.3 Å². The van der Waals surface area contributed by atoms with Crippen molar-refractivity contribution in [1.29, 1.82) is 0 Å². The number of amides is 2. The molecule has 1 aliphatic heterocycles.